The zero-order chi connectivity index (χ0) is 20.3. The molecule has 2 heterocycles. The van der Waals surface area contributed by atoms with E-state index in [0.29, 0.717) is 0 Å². The van der Waals surface area contributed by atoms with E-state index in [0.717, 1.165) is 25.7 Å². The summed E-state index contributed by atoms with van der Waals surface area (Å²) in [5.41, 5.74) is 3.83. The van der Waals surface area contributed by atoms with Crippen molar-refractivity contribution in [1.82, 2.24) is 19.6 Å². The molecule has 2 aliphatic carbocycles. The third kappa shape index (κ3) is 3.70. The molecule has 3 aromatic rings. The van der Waals surface area contributed by atoms with Crippen LogP contribution in [0.25, 0.3) is 0 Å². The summed E-state index contributed by atoms with van der Waals surface area (Å²) < 4.78 is 4.37. The molecule has 5 rings (SSSR count). The van der Waals surface area contributed by atoms with Gasteiger partial charge in [-0.3, -0.25) is 9.36 Å². The number of hydrogen-bond acceptors (Lipinski definition) is 2. The van der Waals surface area contributed by atoms with Crippen molar-refractivity contribution in [2.75, 3.05) is 0 Å². The van der Waals surface area contributed by atoms with Crippen molar-refractivity contribution >= 4 is 13.3 Å². The summed E-state index contributed by atoms with van der Waals surface area (Å²) in [6.45, 7) is 2.22. The SMILES string of the molecule is Cc1cc(C2(n3cccn3)CCCC2)[c-]c(C2(n3cccn3)CCCC2)c1.[Br][Pt+]. The molecule has 4 nitrogen and oxygen atoms in total. The van der Waals surface area contributed by atoms with Crippen LogP contribution in [0, 0.1) is 13.0 Å². The molecule has 6 heteroatoms. The molecular weight excluding hydrogens is 607 g/mol. The van der Waals surface area contributed by atoms with E-state index in [-0.39, 0.29) is 11.1 Å². The zero-order valence-electron chi connectivity index (χ0n) is 16.8. The van der Waals surface area contributed by atoms with Crippen LogP contribution in [0.15, 0.2) is 49.1 Å². The quantitative estimate of drug-likeness (QED) is 0.347. The average Bonchev–Trinajstić information content (AvgIpc) is 3.56. The van der Waals surface area contributed by atoms with Gasteiger partial charge in [0.25, 0.3) is 0 Å². The van der Waals surface area contributed by atoms with Gasteiger partial charge >= 0.3 is 31.1 Å². The summed E-state index contributed by atoms with van der Waals surface area (Å²) in [4.78, 5) is 0. The Bertz CT molecular complexity index is 836. The van der Waals surface area contributed by atoms with Crippen LogP contribution in [0.3, 0.4) is 0 Å². The second-order valence-electron chi connectivity index (χ2n) is 8.36. The average molecular weight is 634 g/mol. The maximum atomic E-state index is 4.65. The first-order chi connectivity index (χ1) is 14.2. The van der Waals surface area contributed by atoms with E-state index in [1.54, 1.807) is 0 Å². The van der Waals surface area contributed by atoms with Crippen molar-refractivity contribution in [2.45, 2.75) is 69.4 Å². The Balaban J connectivity index is 0.000000994. The molecule has 2 fully saturated rings. The first kappa shape index (κ1) is 21.1. The van der Waals surface area contributed by atoms with Gasteiger partial charge in [0.1, 0.15) is 0 Å². The third-order valence-corrected chi connectivity index (χ3v) is 6.76. The number of hydrogen-bond donors (Lipinski definition) is 0. The molecule has 2 aromatic heterocycles. The van der Waals surface area contributed by atoms with Crippen molar-refractivity contribution in [3.63, 3.8) is 0 Å². The second kappa shape index (κ2) is 8.89. The Kier molecular flexibility index (Phi) is 6.46. The van der Waals surface area contributed by atoms with E-state index >= 15 is 0 Å². The molecule has 0 unspecified atom stereocenters. The predicted molar refractivity (Wildman–Crippen MR) is 114 cm³/mol. The summed E-state index contributed by atoms with van der Waals surface area (Å²) in [7, 11) is 0. The fourth-order valence-electron chi connectivity index (χ4n) is 5.42. The van der Waals surface area contributed by atoms with Gasteiger partial charge in [0.2, 0.25) is 0 Å². The summed E-state index contributed by atoms with van der Waals surface area (Å²) in [5, 5.41) is 9.30. The van der Waals surface area contributed by atoms with Gasteiger partial charge in [-0.05, 0) is 37.8 Å². The molecule has 2 saturated carbocycles. The predicted octanol–water partition coefficient (Wildman–Crippen LogP) is 5.67. The van der Waals surface area contributed by atoms with Gasteiger partial charge in [-0.25, -0.2) is 0 Å². The fraction of sp³-hybridized carbons (Fsp3) is 0.478. The van der Waals surface area contributed by atoms with Crippen LogP contribution < -0.4 is 0 Å². The molecule has 0 N–H and O–H groups in total. The van der Waals surface area contributed by atoms with Crippen molar-refractivity contribution in [3.8, 4) is 0 Å². The normalized spacial score (nSPS) is 19.7. The van der Waals surface area contributed by atoms with Crippen LogP contribution in [0.2, 0.25) is 0 Å². The van der Waals surface area contributed by atoms with Crippen molar-refractivity contribution < 1.29 is 17.8 Å². The number of benzene rings is 1. The van der Waals surface area contributed by atoms with Crippen LogP contribution in [-0.2, 0) is 28.8 Å². The molecule has 0 aliphatic heterocycles. The molecule has 1 aromatic carbocycles. The topological polar surface area (TPSA) is 35.6 Å². The van der Waals surface area contributed by atoms with Gasteiger partial charge in [-0.2, -0.15) is 34.0 Å². The van der Waals surface area contributed by atoms with E-state index < -0.39 is 0 Å². The molecule has 0 amide bonds. The van der Waals surface area contributed by atoms with Crippen molar-refractivity contribution in [2.24, 2.45) is 0 Å². The van der Waals surface area contributed by atoms with E-state index in [1.165, 1.54) is 42.4 Å². The number of nitrogens with zero attached hydrogens (tertiary/aromatic N) is 4. The Labute approximate surface area is 191 Å². The van der Waals surface area contributed by atoms with E-state index in [4.69, 9.17) is 0 Å². The molecule has 2 aliphatic rings. The van der Waals surface area contributed by atoms with Gasteiger partial charge in [0.15, 0.2) is 0 Å². The van der Waals surface area contributed by atoms with Gasteiger partial charge < -0.3 is 0 Å². The molecule has 156 valence electrons. The fourth-order valence-corrected chi connectivity index (χ4v) is 5.42. The van der Waals surface area contributed by atoms with E-state index in [9.17, 15) is 0 Å². The van der Waals surface area contributed by atoms with Gasteiger partial charge in [0.05, 0.1) is 11.1 Å². The van der Waals surface area contributed by atoms with Gasteiger partial charge in [0, 0.05) is 24.8 Å². The Morgan fingerprint density at radius 2 is 1.24 bits per heavy atom. The van der Waals surface area contributed by atoms with E-state index in [2.05, 4.69) is 70.4 Å². The Morgan fingerprint density at radius 1 is 0.828 bits per heavy atom. The number of aryl methyl sites for hydroxylation is 1. The first-order valence-electron chi connectivity index (χ1n) is 10.4. The molecule has 0 bridgehead atoms. The minimum absolute atomic E-state index is 0.0474. The van der Waals surface area contributed by atoms with E-state index in [1.807, 2.05) is 42.3 Å². The zero-order valence-corrected chi connectivity index (χ0v) is 20.6. The monoisotopic (exact) mass is 633 g/mol. The number of rotatable bonds is 4. The summed E-state index contributed by atoms with van der Waals surface area (Å²) in [5.74, 6) is 0. The molecule has 0 atom stereocenters. The molecule has 29 heavy (non-hydrogen) atoms. The maximum absolute atomic E-state index is 4.65. The molecule has 0 spiro atoms. The van der Waals surface area contributed by atoms with Crippen LogP contribution >= 0.6 is 13.3 Å². The first-order valence-corrected chi connectivity index (χ1v) is 15.4. The third-order valence-electron chi connectivity index (χ3n) is 6.76. The summed E-state index contributed by atoms with van der Waals surface area (Å²) >= 11 is 4.86. The summed E-state index contributed by atoms with van der Waals surface area (Å²) in [6.07, 6.45) is 17.6. The molecule has 0 radical (unpaired) electrons. The minimum atomic E-state index is -0.0474. The standard InChI is InChI=1S/C23H27N4.BrH.Pt/c1-19-16-20(22(8-2-3-9-22)26-14-6-12-24-26)18-21(17-19)23(10-4-5-11-23)27-15-7-13-25-27;;/h6-7,12-17H,2-5,8-11H2,1H3;1H;/q-1;;+2/p-1. The number of aromatic nitrogens is 4. The van der Waals surface area contributed by atoms with Gasteiger partial charge in [-0.1, -0.05) is 32.6 Å². The second-order valence-corrected chi connectivity index (χ2v) is 8.36. The Morgan fingerprint density at radius 3 is 1.59 bits per heavy atom. The number of halogens is 1. The molecular formula is C23H27BrN4Pt. The summed E-state index contributed by atoms with van der Waals surface area (Å²) in [6, 6.07) is 12.7. The van der Waals surface area contributed by atoms with Crippen LogP contribution in [0.1, 0.15) is 68.1 Å². The molecule has 0 saturated heterocycles. The van der Waals surface area contributed by atoms with Crippen LogP contribution in [0.4, 0.5) is 0 Å². The van der Waals surface area contributed by atoms with Crippen molar-refractivity contribution in [3.05, 3.63) is 71.8 Å². The Hall–Kier alpha value is -1.19. The van der Waals surface area contributed by atoms with Gasteiger partial charge in [-0.15, -0.1) is 11.1 Å². The van der Waals surface area contributed by atoms with Crippen LogP contribution in [0.5, 0.6) is 0 Å². The van der Waals surface area contributed by atoms with Crippen molar-refractivity contribution in [1.29, 1.82) is 0 Å². The van der Waals surface area contributed by atoms with Crippen LogP contribution in [-0.4, -0.2) is 19.6 Å².